The Labute approximate surface area is 181 Å². The maximum absolute atomic E-state index is 12.6. The average Bonchev–Trinajstić information content (AvgIpc) is 3.26. The summed E-state index contributed by atoms with van der Waals surface area (Å²) in [5.74, 6) is 0.306. The van der Waals surface area contributed by atoms with E-state index in [1.807, 2.05) is 24.3 Å². The second-order valence-corrected chi connectivity index (χ2v) is 8.68. The van der Waals surface area contributed by atoms with E-state index in [0.29, 0.717) is 25.1 Å². The monoisotopic (exact) mass is 457 g/mol. The molecule has 0 saturated carbocycles. The van der Waals surface area contributed by atoms with Gasteiger partial charge in [0.2, 0.25) is 5.79 Å². The Kier molecular flexibility index (Phi) is 6.50. The molecule has 0 unspecified atom stereocenters. The lowest BCUT2D eigenvalue weighted by molar-refractivity contribution is -0.144. The van der Waals surface area contributed by atoms with Crippen molar-refractivity contribution in [3.8, 4) is 11.1 Å². The molecule has 0 aromatic heterocycles. The Hall–Kier alpha value is -1.53. The van der Waals surface area contributed by atoms with E-state index in [1.165, 1.54) is 12.8 Å². The molecule has 0 amide bonds. The number of Topliss-reactive ketones (excluding diaryl/α,β-unsaturated/α-hetero) is 1. The fraction of sp³-hybridized carbons (Fsp3) is 0.458. The number of benzene rings is 2. The van der Waals surface area contributed by atoms with Crippen LogP contribution in [0, 0.1) is 5.92 Å². The van der Waals surface area contributed by atoms with Gasteiger partial charge < -0.3 is 9.47 Å². The first-order chi connectivity index (χ1) is 14.1. The quantitative estimate of drug-likeness (QED) is 0.458. The number of ketones is 1. The molecule has 29 heavy (non-hydrogen) atoms. The third kappa shape index (κ3) is 4.64. The van der Waals surface area contributed by atoms with Crippen molar-refractivity contribution in [1.82, 2.24) is 4.90 Å². The summed E-state index contributed by atoms with van der Waals surface area (Å²) in [5.41, 5.74) is 4.01. The van der Waals surface area contributed by atoms with Crippen molar-refractivity contribution in [3.05, 3.63) is 59.7 Å². The molecule has 0 bridgehead atoms. The van der Waals surface area contributed by atoms with Gasteiger partial charge in [-0.3, -0.25) is 9.69 Å². The van der Waals surface area contributed by atoms with Crippen LogP contribution in [0.4, 0.5) is 0 Å². The fourth-order valence-electron chi connectivity index (χ4n) is 4.06. The zero-order valence-electron chi connectivity index (χ0n) is 16.9. The molecule has 0 N–H and O–H groups in total. The first-order valence-electron chi connectivity index (χ1n) is 10.4. The number of hydrogen-bond donors (Lipinski definition) is 0. The van der Waals surface area contributed by atoms with E-state index < -0.39 is 5.79 Å². The number of nitrogens with zero attached hydrogens (tertiary/aromatic N) is 1. The van der Waals surface area contributed by atoms with Crippen LogP contribution in [-0.4, -0.2) is 48.9 Å². The van der Waals surface area contributed by atoms with Crippen molar-refractivity contribution in [3.63, 3.8) is 0 Å². The topological polar surface area (TPSA) is 38.8 Å². The SMILES string of the molecule is CC1CCN(CC(=O)c2ccc(-c3ccc(C4(CBr)OCCO4)cc3)cc2)CC1. The molecule has 2 aromatic rings. The van der Waals surface area contributed by atoms with E-state index in [2.05, 4.69) is 52.0 Å². The highest BCUT2D eigenvalue weighted by molar-refractivity contribution is 9.09. The summed E-state index contributed by atoms with van der Waals surface area (Å²) in [6, 6.07) is 16.2. The molecule has 4 rings (SSSR count). The second kappa shape index (κ2) is 9.09. The van der Waals surface area contributed by atoms with Crippen molar-refractivity contribution in [2.45, 2.75) is 25.6 Å². The third-order valence-corrected chi connectivity index (χ3v) is 6.78. The number of hydrogen-bond acceptors (Lipinski definition) is 4. The summed E-state index contributed by atoms with van der Waals surface area (Å²) in [7, 11) is 0. The molecule has 2 heterocycles. The van der Waals surface area contributed by atoms with Crippen LogP contribution in [0.5, 0.6) is 0 Å². The first kappa shape index (κ1) is 20.7. The van der Waals surface area contributed by atoms with Gasteiger partial charge >= 0.3 is 0 Å². The lowest BCUT2D eigenvalue weighted by Crippen LogP contribution is -2.36. The number of carbonyl (C=O) groups is 1. The summed E-state index contributed by atoms with van der Waals surface area (Å²) in [4.78, 5) is 14.9. The highest BCUT2D eigenvalue weighted by Crippen LogP contribution is 2.34. The van der Waals surface area contributed by atoms with Crippen molar-refractivity contribution in [2.75, 3.05) is 38.2 Å². The van der Waals surface area contributed by atoms with Crippen LogP contribution in [0.25, 0.3) is 11.1 Å². The van der Waals surface area contributed by atoms with Crippen LogP contribution in [0.1, 0.15) is 35.7 Å². The van der Waals surface area contributed by atoms with Crippen LogP contribution in [-0.2, 0) is 15.3 Å². The number of carbonyl (C=O) groups excluding carboxylic acids is 1. The minimum Gasteiger partial charge on any atom is -0.343 e. The van der Waals surface area contributed by atoms with Gasteiger partial charge in [-0.1, -0.05) is 71.4 Å². The van der Waals surface area contributed by atoms with Gasteiger partial charge in [0.15, 0.2) is 5.78 Å². The molecule has 2 fully saturated rings. The smallest absolute Gasteiger partial charge is 0.204 e. The molecule has 2 saturated heterocycles. The Morgan fingerprint density at radius 3 is 2.10 bits per heavy atom. The van der Waals surface area contributed by atoms with Crippen molar-refractivity contribution < 1.29 is 14.3 Å². The van der Waals surface area contributed by atoms with E-state index in [4.69, 9.17) is 9.47 Å². The second-order valence-electron chi connectivity index (χ2n) is 8.12. The number of rotatable bonds is 6. The number of likely N-dealkylation sites (tertiary alicyclic amines) is 1. The summed E-state index contributed by atoms with van der Waals surface area (Å²) in [6.07, 6.45) is 2.38. The standard InChI is InChI=1S/C24H28BrNO3/c1-18-10-12-26(13-11-18)16-23(27)21-4-2-19(3-5-21)20-6-8-22(9-7-20)24(17-25)28-14-15-29-24/h2-9,18H,10-17H2,1H3. The van der Waals surface area contributed by atoms with E-state index in [0.717, 1.165) is 41.3 Å². The van der Waals surface area contributed by atoms with Gasteiger partial charge in [-0.15, -0.1) is 0 Å². The van der Waals surface area contributed by atoms with Gasteiger partial charge in [0.05, 0.1) is 25.1 Å². The summed E-state index contributed by atoms with van der Waals surface area (Å²) in [5, 5.41) is 0.603. The van der Waals surface area contributed by atoms with E-state index in [1.54, 1.807) is 0 Å². The Bertz CT molecular complexity index is 820. The molecule has 0 atom stereocenters. The van der Waals surface area contributed by atoms with Crippen molar-refractivity contribution >= 4 is 21.7 Å². The minimum absolute atomic E-state index is 0.205. The normalized spacial score (nSPS) is 20.1. The van der Waals surface area contributed by atoms with Gasteiger partial charge in [-0.25, -0.2) is 0 Å². The number of halogens is 1. The zero-order chi connectivity index (χ0) is 20.3. The highest BCUT2D eigenvalue weighted by Gasteiger charge is 2.37. The number of alkyl halides is 1. The van der Waals surface area contributed by atoms with Crippen LogP contribution in [0.3, 0.4) is 0 Å². The summed E-state index contributed by atoms with van der Waals surface area (Å²) >= 11 is 3.51. The van der Waals surface area contributed by atoms with Crippen LogP contribution < -0.4 is 0 Å². The highest BCUT2D eigenvalue weighted by atomic mass is 79.9. The van der Waals surface area contributed by atoms with Crippen molar-refractivity contribution in [2.24, 2.45) is 5.92 Å². The van der Waals surface area contributed by atoms with Crippen molar-refractivity contribution in [1.29, 1.82) is 0 Å². The van der Waals surface area contributed by atoms with Gasteiger partial charge in [0, 0.05) is 11.1 Å². The molecule has 2 aliphatic heterocycles. The lowest BCUT2D eigenvalue weighted by Gasteiger charge is -2.29. The minimum atomic E-state index is -0.680. The number of ether oxygens (including phenoxy) is 2. The van der Waals surface area contributed by atoms with E-state index in [-0.39, 0.29) is 5.78 Å². The molecule has 4 nitrogen and oxygen atoms in total. The van der Waals surface area contributed by atoms with Gasteiger partial charge in [-0.2, -0.15) is 0 Å². The predicted octanol–water partition coefficient (Wildman–Crippen LogP) is 4.86. The first-order valence-corrected chi connectivity index (χ1v) is 11.5. The predicted molar refractivity (Wildman–Crippen MR) is 118 cm³/mol. The van der Waals surface area contributed by atoms with Gasteiger partial charge in [-0.05, 0) is 43.0 Å². The zero-order valence-corrected chi connectivity index (χ0v) is 18.5. The Morgan fingerprint density at radius 2 is 1.55 bits per heavy atom. The maximum atomic E-state index is 12.6. The summed E-state index contributed by atoms with van der Waals surface area (Å²) in [6.45, 7) is 6.09. The lowest BCUT2D eigenvalue weighted by atomic mass is 9.97. The van der Waals surface area contributed by atoms with Gasteiger partial charge in [0.25, 0.3) is 0 Å². The van der Waals surface area contributed by atoms with Crippen LogP contribution in [0.2, 0.25) is 0 Å². The van der Waals surface area contributed by atoms with Gasteiger partial charge in [0.1, 0.15) is 0 Å². The van der Waals surface area contributed by atoms with E-state index in [9.17, 15) is 4.79 Å². The number of piperidine rings is 1. The summed E-state index contributed by atoms with van der Waals surface area (Å²) < 4.78 is 11.6. The third-order valence-electron chi connectivity index (χ3n) is 6.04. The van der Waals surface area contributed by atoms with Crippen LogP contribution in [0.15, 0.2) is 48.5 Å². The Morgan fingerprint density at radius 1 is 1.00 bits per heavy atom. The van der Waals surface area contributed by atoms with E-state index >= 15 is 0 Å². The molecule has 0 spiro atoms. The molecule has 0 radical (unpaired) electrons. The fourth-order valence-corrected chi connectivity index (χ4v) is 4.70. The van der Waals surface area contributed by atoms with Crippen LogP contribution >= 0.6 is 15.9 Å². The maximum Gasteiger partial charge on any atom is 0.204 e. The molecule has 0 aliphatic carbocycles. The molecule has 154 valence electrons. The Balaban J connectivity index is 1.42. The molecule has 5 heteroatoms. The molecular formula is C24H28BrNO3. The molecule has 2 aromatic carbocycles. The molecular weight excluding hydrogens is 430 g/mol. The average molecular weight is 458 g/mol. The molecule has 2 aliphatic rings. The largest absolute Gasteiger partial charge is 0.343 e.